The first-order valence-electron chi connectivity index (χ1n) is 11.3. The number of nitrogens with one attached hydrogen (secondary N) is 1. The van der Waals surface area contributed by atoms with Gasteiger partial charge in [-0.2, -0.15) is 5.10 Å². The number of hydrazone groups is 1. The van der Waals surface area contributed by atoms with Crippen LogP contribution < -0.4 is 14.9 Å². The van der Waals surface area contributed by atoms with Crippen LogP contribution >= 0.6 is 22.6 Å². The van der Waals surface area contributed by atoms with Gasteiger partial charge in [0.1, 0.15) is 12.4 Å². The Morgan fingerprint density at radius 3 is 2.16 bits per heavy atom. The molecule has 0 unspecified atom stereocenters. The SMILES string of the molecule is COc1cc(/C=N\NC(=O)C(O)(c2ccccc2)c2ccccc2)cc(I)c1OCc1ccc(F)cc1. The first-order chi connectivity index (χ1) is 17.9. The molecule has 0 saturated carbocycles. The second-order valence-electron chi connectivity index (χ2n) is 8.09. The molecule has 0 fully saturated rings. The zero-order valence-corrected chi connectivity index (χ0v) is 22.1. The van der Waals surface area contributed by atoms with Crippen molar-refractivity contribution < 1.29 is 23.8 Å². The molecule has 4 rings (SSSR count). The molecule has 0 spiro atoms. The van der Waals surface area contributed by atoms with Crippen molar-refractivity contribution in [3.05, 3.63) is 129 Å². The lowest BCUT2D eigenvalue weighted by molar-refractivity contribution is -0.136. The van der Waals surface area contributed by atoms with Crippen LogP contribution in [0.15, 0.2) is 102 Å². The van der Waals surface area contributed by atoms with Crippen LogP contribution in [0.1, 0.15) is 22.3 Å². The van der Waals surface area contributed by atoms with E-state index in [1.807, 2.05) is 18.2 Å². The topological polar surface area (TPSA) is 80.2 Å². The van der Waals surface area contributed by atoms with Gasteiger partial charge in [-0.3, -0.25) is 4.79 Å². The highest BCUT2D eigenvalue weighted by Gasteiger charge is 2.39. The Balaban J connectivity index is 1.52. The minimum absolute atomic E-state index is 0.244. The lowest BCUT2D eigenvalue weighted by atomic mass is 9.85. The molecule has 0 radical (unpaired) electrons. The quantitative estimate of drug-likeness (QED) is 0.151. The number of hydrogen-bond donors (Lipinski definition) is 2. The highest BCUT2D eigenvalue weighted by molar-refractivity contribution is 14.1. The van der Waals surface area contributed by atoms with E-state index in [0.29, 0.717) is 28.2 Å². The standard InChI is InChI=1S/C29H24FIN2O4/c1-36-26-17-21(16-25(31)27(26)37-19-20-12-14-24(30)15-13-20)18-32-33-28(34)29(35,22-8-4-2-5-9-22)23-10-6-3-7-11-23/h2-18,35H,19H2,1H3,(H,33,34)/b32-18-. The number of halogens is 2. The second-order valence-corrected chi connectivity index (χ2v) is 9.25. The third kappa shape index (κ3) is 6.15. The monoisotopic (exact) mass is 610 g/mol. The molecule has 6 nitrogen and oxygen atoms in total. The van der Waals surface area contributed by atoms with Gasteiger partial charge >= 0.3 is 0 Å². The van der Waals surface area contributed by atoms with Gasteiger partial charge in [0, 0.05) is 0 Å². The Labute approximate surface area is 227 Å². The van der Waals surface area contributed by atoms with Crippen molar-refractivity contribution in [2.45, 2.75) is 12.2 Å². The highest BCUT2D eigenvalue weighted by Crippen LogP contribution is 2.34. The summed E-state index contributed by atoms with van der Waals surface area (Å²) in [6, 6.07) is 27.0. The summed E-state index contributed by atoms with van der Waals surface area (Å²) in [5.74, 6) is 0.0164. The Morgan fingerprint density at radius 2 is 1.59 bits per heavy atom. The van der Waals surface area contributed by atoms with Gasteiger partial charge in [-0.15, -0.1) is 0 Å². The van der Waals surface area contributed by atoms with Crippen molar-refractivity contribution in [1.82, 2.24) is 5.43 Å². The first-order valence-corrected chi connectivity index (χ1v) is 12.4. The van der Waals surface area contributed by atoms with Crippen molar-refractivity contribution >= 4 is 34.7 Å². The Bertz CT molecular complexity index is 1340. The van der Waals surface area contributed by atoms with Gasteiger partial charge in [0.15, 0.2) is 17.1 Å². The molecule has 0 heterocycles. The normalized spacial score (nSPS) is 11.4. The van der Waals surface area contributed by atoms with Crippen LogP contribution in [-0.4, -0.2) is 24.3 Å². The Morgan fingerprint density at radius 1 is 1.00 bits per heavy atom. The third-order valence-electron chi connectivity index (χ3n) is 5.64. The molecule has 1 amide bonds. The van der Waals surface area contributed by atoms with Crippen LogP contribution in [0.25, 0.3) is 0 Å². The maximum Gasteiger partial charge on any atom is 0.281 e. The number of aliphatic hydroxyl groups is 1. The summed E-state index contributed by atoms with van der Waals surface area (Å²) in [4.78, 5) is 13.2. The fourth-order valence-corrected chi connectivity index (χ4v) is 4.51. The van der Waals surface area contributed by atoms with Crippen LogP contribution in [0, 0.1) is 9.39 Å². The zero-order valence-electron chi connectivity index (χ0n) is 19.9. The van der Waals surface area contributed by atoms with Gasteiger partial charge in [-0.25, -0.2) is 9.82 Å². The molecular weight excluding hydrogens is 586 g/mol. The molecular formula is C29H24FIN2O4. The lowest BCUT2D eigenvalue weighted by Crippen LogP contribution is -2.43. The summed E-state index contributed by atoms with van der Waals surface area (Å²) < 4.78 is 25.3. The number of hydrogen-bond acceptors (Lipinski definition) is 5. The molecule has 0 aliphatic heterocycles. The average Bonchev–Trinajstić information content (AvgIpc) is 2.93. The van der Waals surface area contributed by atoms with Gasteiger partial charge in [-0.05, 0) is 69.1 Å². The molecule has 0 bridgehead atoms. The lowest BCUT2D eigenvalue weighted by Gasteiger charge is -2.27. The Kier molecular flexibility index (Phi) is 8.52. The first kappa shape index (κ1) is 26.3. The third-order valence-corrected chi connectivity index (χ3v) is 6.44. The summed E-state index contributed by atoms with van der Waals surface area (Å²) in [5, 5.41) is 15.6. The molecule has 2 N–H and O–H groups in total. The summed E-state index contributed by atoms with van der Waals surface area (Å²) in [5.41, 5.74) is 2.86. The summed E-state index contributed by atoms with van der Waals surface area (Å²) in [6.45, 7) is 0.244. The van der Waals surface area contributed by atoms with Crippen molar-refractivity contribution in [2.75, 3.05) is 7.11 Å². The van der Waals surface area contributed by atoms with Gasteiger partial charge in [0.05, 0.1) is 16.9 Å². The predicted molar refractivity (Wildman–Crippen MR) is 148 cm³/mol. The van der Waals surface area contributed by atoms with Crippen LogP contribution in [0.5, 0.6) is 11.5 Å². The zero-order chi connectivity index (χ0) is 26.3. The van der Waals surface area contributed by atoms with E-state index in [4.69, 9.17) is 9.47 Å². The smallest absolute Gasteiger partial charge is 0.281 e. The van der Waals surface area contributed by atoms with Crippen LogP contribution in [0.2, 0.25) is 0 Å². The number of methoxy groups -OCH3 is 1. The number of carbonyl (C=O) groups excluding carboxylic acids is 1. The number of carbonyl (C=O) groups is 1. The fourth-order valence-electron chi connectivity index (χ4n) is 3.72. The van der Waals surface area contributed by atoms with E-state index in [2.05, 4.69) is 33.1 Å². The minimum Gasteiger partial charge on any atom is -0.493 e. The largest absolute Gasteiger partial charge is 0.493 e. The molecule has 37 heavy (non-hydrogen) atoms. The summed E-state index contributed by atoms with van der Waals surface area (Å²) >= 11 is 2.12. The molecule has 0 aliphatic carbocycles. The highest BCUT2D eigenvalue weighted by atomic mass is 127. The number of amides is 1. The summed E-state index contributed by atoms with van der Waals surface area (Å²) in [7, 11) is 1.53. The van der Waals surface area contributed by atoms with Crippen molar-refractivity contribution in [1.29, 1.82) is 0 Å². The van der Waals surface area contributed by atoms with E-state index in [0.717, 1.165) is 9.13 Å². The van der Waals surface area contributed by atoms with E-state index >= 15 is 0 Å². The number of nitrogens with zero attached hydrogens (tertiary/aromatic N) is 1. The van der Waals surface area contributed by atoms with Crippen LogP contribution in [-0.2, 0) is 17.0 Å². The number of ether oxygens (including phenoxy) is 2. The number of benzene rings is 4. The van der Waals surface area contributed by atoms with E-state index in [1.165, 1.54) is 25.5 Å². The van der Waals surface area contributed by atoms with Gasteiger partial charge in [-0.1, -0.05) is 72.8 Å². The molecule has 4 aromatic rings. The molecule has 4 aromatic carbocycles. The van der Waals surface area contributed by atoms with Gasteiger partial charge in [0.2, 0.25) is 0 Å². The van der Waals surface area contributed by atoms with Crippen LogP contribution in [0.4, 0.5) is 4.39 Å². The van der Waals surface area contributed by atoms with Gasteiger partial charge < -0.3 is 14.6 Å². The maximum atomic E-state index is 13.2. The van der Waals surface area contributed by atoms with Crippen molar-refractivity contribution in [3.63, 3.8) is 0 Å². The average molecular weight is 610 g/mol. The molecule has 0 aromatic heterocycles. The molecule has 8 heteroatoms. The van der Waals surface area contributed by atoms with Crippen molar-refractivity contribution in [3.8, 4) is 11.5 Å². The second kappa shape index (κ2) is 12.0. The molecule has 0 atom stereocenters. The predicted octanol–water partition coefficient (Wildman–Crippen LogP) is 5.40. The van der Waals surface area contributed by atoms with Crippen LogP contribution in [0.3, 0.4) is 0 Å². The van der Waals surface area contributed by atoms with Gasteiger partial charge in [0.25, 0.3) is 5.91 Å². The fraction of sp³-hybridized carbons (Fsp3) is 0.103. The van der Waals surface area contributed by atoms with E-state index in [-0.39, 0.29) is 12.4 Å². The van der Waals surface area contributed by atoms with E-state index < -0.39 is 11.5 Å². The Hall–Kier alpha value is -3.76. The van der Waals surface area contributed by atoms with E-state index in [1.54, 1.807) is 66.7 Å². The minimum atomic E-state index is -1.93. The van der Waals surface area contributed by atoms with Crippen molar-refractivity contribution in [2.24, 2.45) is 5.10 Å². The molecule has 0 aliphatic rings. The number of rotatable bonds is 9. The summed E-state index contributed by atoms with van der Waals surface area (Å²) in [6.07, 6.45) is 1.46. The molecule has 0 saturated heterocycles. The maximum absolute atomic E-state index is 13.2. The molecule has 188 valence electrons. The van der Waals surface area contributed by atoms with E-state index in [9.17, 15) is 14.3 Å².